The summed E-state index contributed by atoms with van der Waals surface area (Å²) in [6.45, 7) is 4.01. The van der Waals surface area contributed by atoms with Gasteiger partial charge in [0.05, 0.1) is 6.61 Å². The fourth-order valence-electron chi connectivity index (χ4n) is 8.15. The lowest BCUT2D eigenvalue weighted by molar-refractivity contribution is -0.161. The Labute approximate surface area is 433 Å². The van der Waals surface area contributed by atoms with E-state index in [0.717, 1.165) is 103 Å². The Morgan fingerprint density at radius 3 is 0.929 bits per heavy atom. The Kier molecular flexibility index (Phi) is 56.9. The highest BCUT2D eigenvalue weighted by Gasteiger charge is 2.16. The van der Waals surface area contributed by atoms with Crippen molar-refractivity contribution in [3.63, 3.8) is 0 Å². The molecule has 0 saturated heterocycles. The zero-order chi connectivity index (χ0) is 50.6. The summed E-state index contributed by atoms with van der Waals surface area (Å²) in [6, 6.07) is 0. The topological polar surface area (TPSA) is 72.8 Å². The van der Waals surface area contributed by atoms with E-state index >= 15 is 0 Å². The largest absolute Gasteiger partial charge is 0.462 e. The van der Waals surface area contributed by atoms with Gasteiger partial charge in [-0.3, -0.25) is 9.59 Å². The maximum atomic E-state index is 12.3. The van der Waals surface area contributed by atoms with Crippen LogP contribution in [0, 0.1) is 0 Å². The van der Waals surface area contributed by atoms with Gasteiger partial charge in [0.25, 0.3) is 0 Å². The van der Waals surface area contributed by atoms with E-state index in [1.807, 2.05) is 0 Å². The molecule has 0 saturated carbocycles. The Bertz CT molecular complexity index is 1380. The molecule has 0 bridgehead atoms. The van der Waals surface area contributed by atoms with Crippen LogP contribution in [0.3, 0.4) is 0 Å². The van der Waals surface area contributed by atoms with Crippen LogP contribution >= 0.6 is 0 Å². The maximum Gasteiger partial charge on any atom is 0.306 e. The average molecular weight is 972 g/mol. The highest BCUT2D eigenvalue weighted by molar-refractivity contribution is 5.70. The van der Waals surface area contributed by atoms with Crippen molar-refractivity contribution < 1.29 is 24.2 Å². The number of rotatable bonds is 53. The minimum atomic E-state index is -0.793. The standard InChI is InChI=1S/C65H110O5/c1-3-5-7-9-11-13-15-17-19-21-23-25-27-28-29-30-31-32-33-34-35-36-38-39-41-43-45-47-49-51-53-55-57-59-64(67)69-62-63(61-66)70-65(68)60-58-56-54-52-50-48-46-44-42-40-37-26-24-22-20-18-16-14-12-10-8-6-4-2/h6,8,12,14-15,17-18,20-21,23-24,26-28,40,42,46,48,63,66H,3-5,7,9-11,13,16,19,22,25,29-39,41,43-45,47,49-62H2,1-2H3/b8-6-,14-12-,17-15-,20-18-,23-21-,26-24-,28-27-,42-40-,48-46-. The molecule has 400 valence electrons. The molecule has 1 atom stereocenters. The molecule has 0 fully saturated rings. The summed E-state index contributed by atoms with van der Waals surface area (Å²) in [6.07, 6.45) is 86.4. The Hall–Kier alpha value is -3.44. The molecule has 5 heteroatoms. The molecule has 1 N–H and O–H groups in total. The summed E-state index contributed by atoms with van der Waals surface area (Å²) in [7, 11) is 0. The number of aliphatic hydroxyl groups excluding tert-OH is 1. The number of hydrogen-bond acceptors (Lipinski definition) is 5. The van der Waals surface area contributed by atoms with E-state index < -0.39 is 6.10 Å². The summed E-state index contributed by atoms with van der Waals surface area (Å²) in [5.41, 5.74) is 0. The van der Waals surface area contributed by atoms with Gasteiger partial charge in [-0.05, 0) is 103 Å². The van der Waals surface area contributed by atoms with E-state index in [9.17, 15) is 14.7 Å². The van der Waals surface area contributed by atoms with Crippen LogP contribution in [0.5, 0.6) is 0 Å². The molecule has 70 heavy (non-hydrogen) atoms. The van der Waals surface area contributed by atoms with Crippen molar-refractivity contribution in [2.24, 2.45) is 0 Å². The minimum Gasteiger partial charge on any atom is -0.462 e. The number of allylic oxidation sites excluding steroid dienone is 18. The van der Waals surface area contributed by atoms with E-state index in [4.69, 9.17) is 9.47 Å². The first-order valence-corrected chi connectivity index (χ1v) is 29.4. The number of ether oxygens (including phenoxy) is 2. The van der Waals surface area contributed by atoms with Gasteiger partial charge in [0.1, 0.15) is 6.61 Å². The number of hydrogen-bond donors (Lipinski definition) is 1. The SMILES string of the molecule is CC/C=C\C/C=C\C/C=C\C/C=C\C/C=C\C/C=C\CCCCCCC(=O)OC(CO)COC(=O)CCCCCCCCCCCCCCCCCCCC/C=C\C/C=C\C/C=C\CCCCCCC. The van der Waals surface area contributed by atoms with Crippen molar-refractivity contribution in [3.05, 3.63) is 109 Å². The number of carbonyl (C=O) groups is 2. The van der Waals surface area contributed by atoms with Crippen molar-refractivity contribution in [1.29, 1.82) is 0 Å². The maximum absolute atomic E-state index is 12.3. The number of unbranched alkanes of at least 4 members (excludes halogenated alkanes) is 27. The number of esters is 2. The second kappa shape index (κ2) is 59.9. The number of carbonyl (C=O) groups excluding carboxylic acids is 2. The zero-order valence-electron chi connectivity index (χ0n) is 45.7. The zero-order valence-corrected chi connectivity index (χ0v) is 45.7. The molecule has 0 aromatic heterocycles. The first-order chi connectivity index (χ1) is 34.6. The molecular weight excluding hydrogens is 861 g/mol. The summed E-state index contributed by atoms with van der Waals surface area (Å²) in [5.74, 6) is -0.619. The van der Waals surface area contributed by atoms with Gasteiger partial charge < -0.3 is 14.6 Å². The van der Waals surface area contributed by atoms with E-state index in [1.165, 1.54) is 141 Å². The molecule has 5 nitrogen and oxygen atoms in total. The minimum absolute atomic E-state index is 0.0808. The lowest BCUT2D eigenvalue weighted by Gasteiger charge is -2.15. The van der Waals surface area contributed by atoms with Crippen LogP contribution < -0.4 is 0 Å². The summed E-state index contributed by atoms with van der Waals surface area (Å²) in [4.78, 5) is 24.5. The fourth-order valence-corrected chi connectivity index (χ4v) is 8.15. The second-order valence-electron chi connectivity index (χ2n) is 19.3. The predicted molar refractivity (Wildman–Crippen MR) is 306 cm³/mol. The molecule has 1 unspecified atom stereocenters. The number of aliphatic hydroxyl groups is 1. The van der Waals surface area contributed by atoms with Crippen LogP contribution in [0.4, 0.5) is 0 Å². The molecule has 0 radical (unpaired) electrons. The van der Waals surface area contributed by atoms with Crippen molar-refractivity contribution in [2.75, 3.05) is 13.2 Å². The van der Waals surface area contributed by atoms with Crippen molar-refractivity contribution in [3.8, 4) is 0 Å². The van der Waals surface area contributed by atoms with Gasteiger partial charge in [0.15, 0.2) is 6.10 Å². The van der Waals surface area contributed by atoms with Gasteiger partial charge >= 0.3 is 11.9 Å². The predicted octanol–water partition coefficient (Wildman–Crippen LogP) is 20.1. The van der Waals surface area contributed by atoms with Gasteiger partial charge in [-0.15, -0.1) is 0 Å². The van der Waals surface area contributed by atoms with E-state index in [0.29, 0.717) is 12.8 Å². The molecule has 0 heterocycles. The Morgan fingerprint density at radius 2 is 0.614 bits per heavy atom. The highest BCUT2D eigenvalue weighted by Crippen LogP contribution is 2.16. The lowest BCUT2D eigenvalue weighted by atomic mass is 10.0. The van der Waals surface area contributed by atoms with Crippen molar-refractivity contribution >= 4 is 11.9 Å². The van der Waals surface area contributed by atoms with Crippen molar-refractivity contribution in [1.82, 2.24) is 0 Å². The first kappa shape index (κ1) is 66.6. The normalized spacial score (nSPS) is 13.0. The van der Waals surface area contributed by atoms with Crippen LogP contribution in [-0.4, -0.2) is 36.4 Å². The van der Waals surface area contributed by atoms with Crippen LogP contribution in [0.1, 0.15) is 271 Å². The molecule has 0 aliphatic carbocycles. The summed E-state index contributed by atoms with van der Waals surface area (Å²) in [5, 5.41) is 9.65. The molecule has 0 spiro atoms. The van der Waals surface area contributed by atoms with E-state index in [1.54, 1.807) is 0 Å². The third-order valence-electron chi connectivity index (χ3n) is 12.6. The third-order valence-corrected chi connectivity index (χ3v) is 12.6. The molecule has 0 aromatic carbocycles. The van der Waals surface area contributed by atoms with E-state index in [2.05, 4.69) is 123 Å². The molecule has 0 aliphatic rings. The molecule has 0 aromatic rings. The van der Waals surface area contributed by atoms with Crippen LogP contribution in [-0.2, 0) is 19.1 Å². The highest BCUT2D eigenvalue weighted by atomic mass is 16.6. The van der Waals surface area contributed by atoms with Crippen LogP contribution in [0.25, 0.3) is 0 Å². The van der Waals surface area contributed by atoms with Gasteiger partial charge in [0, 0.05) is 12.8 Å². The van der Waals surface area contributed by atoms with Gasteiger partial charge in [0.2, 0.25) is 0 Å². The molecular formula is C65H110O5. The molecule has 0 rings (SSSR count). The van der Waals surface area contributed by atoms with Gasteiger partial charge in [-0.25, -0.2) is 0 Å². The van der Waals surface area contributed by atoms with Crippen LogP contribution in [0.15, 0.2) is 109 Å². The Balaban J connectivity index is 3.52. The quantitative estimate of drug-likeness (QED) is 0.0373. The summed E-state index contributed by atoms with van der Waals surface area (Å²) >= 11 is 0. The monoisotopic (exact) mass is 971 g/mol. The average Bonchev–Trinajstić information content (AvgIpc) is 3.36. The smallest absolute Gasteiger partial charge is 0.306 e. The van der Waals surface area contributed by atoms with Crippen LogP contribution in [0.2, 0.25) is 0 Å². The molecule has 0 aliphatic heterocycles. The van der Waals surface area contributed by atoms with Gasteiger partial charge in [-0.1, -0.05) is 264 Å². The first-order valence-electron chi connectivity index (χ1n) is 29.4. The second-order valence-corrected chi connectivity index (χ2v) is 19.3. The lowest BCUT2D eigenvalue weighted by Crippen LogP contribution is -2.28. The van der Waals surface area contributed by atoms with Crippen molar-refractivity contribution in [2.45, 2.75) is 277 Å². The fraction of sp³-hybridized carbons (Fsp3) is 0.692. The Morgan fingerprint density at radius 1 is 0.343 bits per heavy atom. The third kappa shape index (κ3) is 57.1. The van der Waals surface area contributed by atoms with Gasteiger partial charge in [-0.2, -0.15) is 0 Å². The molecule has 0 amide bonds. The summed E-state index contributed by atoms with van der Waals surface area (Å²) < 4.78 is 10.7. The van der Waals surface area contributed by atoms with E-state index in [-0.39, 0.29) is 25.2 Å².